The van der Waals surface area contributed by atoms with Gasteiger partial charge in [-0.15, -0.1) is 11.3 Å². The van der Waals surface area contributed by atoms with Gasteiger partial charge < -0.3 is 0 Å². The first-order valence-corrected chi connectivity index (χ1v) is 7.48. The summed E-state index contributed by atoms with van der Waals surface area (Å²) in [5.74, 6) is -0.625. The molecule has 0 radical (unpaired) electrons. The van der Waals surface area contributed by atoms with Crippen molar-refractivity contribution in [1.82, 2.24) is 4.98 Å². The van der Waals surface area contributed by atoms with E-state index in [1.807, 2.05) is 13.8 Å². The van der Waals surface area contributed by atoms with Crippen LogP contribution in [0.15, 0.2) is 36.0 Å². The lowest BCUT2D eigenvalue weighted by Crippen LogP contribution is -2.07. The van der Waals surface area contributed by atoms with Crippen LogP contribution in [0.25, 0.3) is 0 Å². The van der Waals surface area contributed by atoms with Crippen LogP contribution in [0.1, 0.15) is 24.3 Å². The van der Waals surface area contributed by atoms with Crippen molar-refractivity contribution in [1.29, 1.82) is 0 Å². The van der Waals surface area contributed by atoms with Crippen LogP contribution in [-0.2, 0) is 11.2 Å². The molecule has 21 heavy (non-hydrogen) atoms. The molecule has 0 aliphatic heterocycles. The van der Waals surface area contributed by atoms with E-state index in [9.17, 15) is 9.18 Å². The van der Waals surface area contributed by atoms with Gasteiger partial charge in [-0.3, -0.25) is 10.1 Å². The number of hydrogen-bond acceptors (Lipinski definition) is 3. The molecular weight excluding hydrogens is 311 g/mol. The maximum Gasteiger partial charge on any atom is 0.250 e. The Hall–Kier alpha value is -1.72. The van der Waals surface area contributed by atoms with E-state index in [-0.39, 0.29) is 10.9 Å². The second-order valence-electron chi connectivity index (χ2n) is 4.77. The van der Waals surface area contributed by atoms with Gasteiger partial charge in [-0.1, -0.05) is 23.2 Å². The zero-order valence-corrected chi connectivity index (χ0v) is 13.2. The Kier molecular flexibility index (Phi) is 5.09. The van der Waals surface area contributed by atoms with Crippen molar-refractivity contribution in [3.63, 3.8) is 0 Å². The smallest absolute Gasteiger partial charge is 0.250 e. The average molecular weight is 325 g/mol. The number of carbonyl (C=O) groups excluding carboxylic acids is 1. The number of hydrogen-bond donors (Lipinski definition) is 1. The Morgan fingerprint density at radius 2 is 2.24 bits per heavy atom. The number of rotatable bonds is 4. The predicted octanol–water partition coefficient (Wildman–Crippen LogP) is 4.43. The van der Waals surface area contributed by atoms with Gasteiger partial charge in [0.1, 0.15) is 5.82 Å². The second kappa shape index (κ2) is 6.83. The number of amides is 1. The molecule has 3 nitrogen and oxygen atoms in total. The zero-order valence-electron chi connectivity index (χ0n) is 11.6. The molecule has 0 bridgehead atoms. The van der Waals surface area contributed by atoms with Crippen molar-refractivity contribution < 1.29 is 9.18 Å². The minimum Gasteiger partial charge on any atom is -0.298 e. The first-order valence-electron chi connectivity index (χ1n) is 6.28. The molecule has 2 rings (SSSR count). The van der Waals surface area contributed by atoms with E-state index in [4.69, 9.17) is 11.6 Å². The third kappa shape index (κ3) is 4.65. The standard InChI is InChI=1S/C15H14ClFN2OS/c1-9(2)5-14(20)19-15-18-8-11(21-15)6-10-3-4-13(17)12(16)7-10/h3-5,7-8H,6H2,1-2H3,(H,18,19,20). The Balaban J connectivity index is 2.04. The number of anilines is 1. The summed E-state index contributed by atoms with van der Waals surface area (Å²) in [4.78, 5) is 16.7. The highest BCUT2D eigenvalue weighted by Crippen LogP contribution is 2.23. The molecule has 0 atom stereocenters. The number of thiazole rings is 1. The lowest BCUT2D eigenvalue weighted by molar-refractivity contribution is -0.111. The van der Waals surface area contributed by atoms with Crippen LogP contribution in [0.5, 0.6) is 0 Å². The normalized spacial score (nSPS) is 10.3. The molecule has 1 amide bonds. The third-order valence-corrected chi connectivity index (χ3v) is 3.77. The summed E-state index contributed by atoms with van der Waals surface area (Å²) < 4.78 is 13.1. The number of nitrogens with one attached hydrogen (secondary N) is 1. The number of allylic oxidation sites excluding steroid dienone is 1. The lowest BCUT2D eigenvalue weighted by Gasteiger charge is -2.00. The quantitative estimate of drug-likeness (QED) is 0.845. The van der Waals surface area contributed by atoms with Crippen LogP contribution in [0.4, 0.5) is 9.52 Å². The fraction of sp³-hybridized carbons (Fsp3) is 0.200. The Labute approximate surface area is 131 Å². The molecule has 1 aromatic carbocycles. The van der Waals surface area contributed by atoms with Crippen molar-refractivity contribution in [2.45, 2.75) is 20.3 Å². The average Bonchev–Trinajstić information content (AvgIpc) is 2.80. The molecular formula is C15H14ClFN2OS. The van der Waals surface area contributed by atoms with E-state index in [1.165, 1.54) is 23.5 Å². The van der Waals surface area contributed by atoms with E-state index in [2.05, 4.69) is 10.3 Å². The third-order valence-electron chi connectivity index (χ3n) is 2.57. The van der Waals surface area contributed by atoms with Crippen molar-refractivity contribution in [3.05, 3.63) is 57.3 Å². The van der Waals surface area contributed by atoms with Gasteiger partial charge in [0.05, 0.1) is 5.02 Å². The van der Waals surface area contributed by atoms with Gasteiger partial charge in [0.2, 0.25) is 5.91 Å². The monoisotopic (exact) mass is 324 g/mol. The lowest BCUT2D eigenvalue weighted by atomic mass is 10.1. The molecule has 0 spiro atoms. The van der Waals surface area contributed by atoms with Gasteiger partial charge in [-0.05, 0) is 31.5 Å². The van der Waals surface area contributed by atoms with Gasteiger partial charge in [0.25, 0.3) is 0 Å². The first-order chi connectivity index (χ1) is 9.94. The van der Waals surface area contributed by atoms with Crippen LogP contribution in [0, 0.1) is 5.82 Å². The maximum absolute atomic E-state index is 13.1. The molecule has 6 heteroatoms. The highest BCUT2D eigenvalue weighted by molar-refractivity contribution is 7.15. The molecule has 110 valence electrons. The number of halogens is 2. The van der Waals surface area contributed by atoms with E-state index in [0.29, 0.717) is 11.6 Å². The van der Waals surface area contributed by atoms with Gasteiger partial charge in [0.15, 0.2) is 5.13 Å². The Morgan fingerprint density at radius 1 is 1.48 bits per heavy atom. The number of benzene rings is 1. The van der Waals surface area contributed by atoms with E-state index < -0.39 is 5.82 Å². The largest absolute Gasteiger partial charge is 0.298 e. The van der Waals surface area contributed by atoms with E-state index in [1.54, 1.807) is 18.3 Å². The van der Waals surface area contributed by atoms with Crippen molar-refractivity contribution in [2.24, 2.45) is 0 Å². The number of aromatic nitrogens is 1. The van der Waals surface area contributed by atoms with Crippen LogP contribution >= 0.6 is 22.9 Å². The fourth-order valence-corrected chi connectivity index (χ4v) is 2.75. The molecule has 0 saturated heterocycles. The minimum absolute atomic E-state index is 0.106. The van der Waals surface area contributed by atoms with Crippen molar-refractivity contribution in [3.8, 4) is 0 Å². The Morgan fingerprint density at radius 3 is 2.90 bits per heavy atom. The molecule has 2 aromatic rings. The summed E-state index contributed by atoms with van der Waals surface area (Å²) in [6, 6.07) is 4.62. The topological polar surface area (TPSA) is 42.0 Å². The van der Waals surface area contributed by atoms with E-state index >= 15 is 0 Å². The van der Waals surface area contributed by atoms with Crippen LogP contribution in [-0.4, -0.2) is 10.9 Å². The van der Waals surface area contributed by atoms with Crippen LogP contribution in [0.2, 0.25) is 5.02 Å². The number of carbonyl (C=O) groups is 1. The molecule has 1 N–H and O–H groups in total. The summed E-state index contributed by atoms with van der Waals surface area (Å²) in [5, 5.41) is 3.35. The Bertz CT molecular complexity index is 693. The zero-order chi connectivity index (χ0) is 15.4. The van der Waals surface area contributed by atoms with Gasteiger partial charge >= 0.3 is 0 Å². The molecule has 0 unspecified atom stereocenters. The summed E-state index contributed by atoms with van der Waals surface area (Å²) in [6.45, 7) is 3.70. The molecule has 1 heterocycles. The van der Waals surface area contributed by atoms with Crippen LogP contribution < -0.4 is 5.32 Å². The minimum atomic E-state index is -0.431. The first kappa shape index (κ1) is 15.7. The summed E-state index contributed by atoms with van der Waals surface area (Å²) in [7, 11) is 0. The highest BCUT2D eigenvalue weighted by atomic mass is 35.5. The van der Waals surface area contributed by atoms with E-state index in [0.717, 1.165) is 16.0 Å². The van der Waals surface area contributed by atoms with Gasteiger partial charge in [0, 0.05) is 23.6 Å². The molecule has 0 fully saturated rings. The highest BCUT2D eigenvalue weighted by Gasteiger charge is 2.07. The number of nitrogens with zero attached hydrogens (tertiary/aromatic N) is 1. The summed E-state index contributed by atoms with van der Waals surface area (Å²) in [6.07, 6.45) is 3.80. The summed E-state index contributed by atoms with van der Waals surface area (Å²) >= 11 is 7.14. The van der Waals surface area contributed by atoms with Crippen LogP contribution in [0.3, 0.4) is 0 Å². The second-order valence-corrected chi connectivity index (χ2v) is 6.29. The molecule has 1 aromatic heterocycles. The fourth-order valence-electron chi connectivity index (χ4n) is 1.70. The molecule has 0 saturated carbocycles. The van der Waals surface area contributed by atoms with Crippen molar-refractivity contribution in [2.75, 3.05) is 5.32 Å². The SMILES string of the molecule is CC(C)=CC(=O)Nc1ncc(Cc2ccc(F)c(Cl)c2)s1. The maximum atomic E-state index is 13.1. The van der Waals surface area contributed by atoms with Gasteiger partial charge in [-0.25, -0.2) is 9.37 Å². The van der Waals surface area contributed by atoms with Gasteiger partial charge in [-0.2, -0.15) is 0 Å². The predicted molar refractivity (Wildman–Crippen MR) is 84.4 cm³/mol. The van der Waals surface area contributed by atoms with Crippen molar-refractivity contribution >= 4 is 34.0 Å². The molecule has 0 aliphatic rings. The molecule has 0 aliphatic carbocycles. The summed E-state index contributed by atoms with van der Waals surface area (Å²) in [5.41, 5.74) is 1.82.